The Morgan fingerprint density at radius 1 is 1.40 bits per heavy atom. The van der Waals surface area contributed by atoms with Crippen molar-refractivity contribution in [3.05, 3.63) is 0 Å². The van der Waals surface area contributed by atoms with Crippen molar-refractivity contribution in [1.29, 1.82) is 0 Å². The maximum atomic E-state index is 11.8. The number of nitrogens with zero attached hydrogens (tertiary/aromatic N) is 1. The highest BCUT2D eigenvalue weighted by atomic mass is 16.1. The molecule has 4 heteroatoms. The van der Waals surface area contributed by atoms with E-state index in [9.17, 15) is 4.79 Å². The Balaban J connectivity index is 3.05. The van der Waals surface area contributed by atoms with Crippen LogP contribution in [0.4, 0.5) is 0 Å². The van der Waals surface area contributed by atoms with Gasteiger partial charge in [0.15, 0.2) is 0 Å². The van der Waals surface area contributed by atoms with Gasteiger partial charge in [-0.1, -0.05) is 13.8 Å². The number of nitrogens with two attached hydrogens (primary N) is 1. The molecule has 0 aromatic rings. The minimum Gasteiger partial charge on any atom is -0.368 e. The van der Waals surface area contributed by atoms with Gasteiger partial charge >= 0.3 is 0 Å². The van der Waals surface area contributed by atoms with E-state index in [1.165, 1.54) is 0 Å². The van der Waals surface area contributed by atoms with Crippen LogP contribution in [-0.2, 0) is 4.79 Å². The largest absolute Gasteiger partial charge is 0.368 e. The highest BCUT2D eigenvalue weighted by Crippen LogP contribution is 2.28. The van der Waals surface area contributed by atoms with Gasteiger partial charge in [-0.25, -0.2) is 0 Å². The lowest BCUT2D eigenvalue weighted by Crippen LogP contribution is -2.71. The number of primary amides is 1. The van der Waals surface area contributed by atoms with Crippen LogP contribution in [0.1, 0.15) is 27.7 Å². The molecular formula is C11H23N3O. The van der Waals surface area contributed by atoms with Crippen molar-refractivity contribution in [2.24, 2.45) is 11.7 Å². The lowest BCUT2D eigenvalue weighted by molar-refractivity contribution is -0.137. The van der Waals surface area contributed by atoms with E-state index in [4.69, 9.17) is 5.73 Å². The molecule has 0 aromatic heterocycles. The zero-order valence-electron chi connectivity index (χ0n) is 10.2. The van der Waals surface area contributed by atoms with Crippen LogP contribution in [0, 0.1) is 5.92 Å². The fourth-order valence-corrected chi connectivity index (χ4v) is 2.55. The molecule has 1 aliphatic heterocycles. The number of carbonyl (C=O) groups excluding carboxylic acids is 1. The summed E-state index contributed by atoms with van der Waals surface area (Å²) in [5, 5.41) is 3.28. The molecule has 88 valence electrons. The summed E-state index contributed by atoms with van der Waals surface area (Å²) >= 11 is 0. The molecule has 1 amide bonds. The van der Waals surface area contributed by atoms with Crippen molar-refractivity contribution < 1.29 is 4.79 Å². The summed E-state index contributed by atoms with van der Waals surface area (Å²) in [6, 6.07) is 0.349. The van der Waals surface area contributed by atoms with Crippen LogP contribution in [-0.4, -0.2) is 42.0 Å². The summed E-state index contributed by atoms with van der Waals surface area (Å²) in [6.07, 6.45) is 0. The van der Waals surface area contributed by atoms with Crippen LogP contribution < -0.4 is 11.1 Å². The molecule has 3 N–H and O–H groups in total. The number of rotatable bonds is 3. The highest BCUT2D eigenvalue weighted by Gasteiger charge is 2.47. The molecule has 1 aliphatic rings. The number of nitrogens with one attached hydrogen (secondary N) is 1. The van der Waals surface area contributed by atoms with Crippen molar-refractivity contribution in [3.63, 3.8) is 0 Å². The third-order valence-corrected chi connectivity index (χ3v) is 3.44. The Morgan fingerprint density at radius 2 is 2.00 bits per heavy atom. The number of amides is 1. The van der Waals surface area contributed by atoms with Gasteiger partial charge in [-0.2, -0.15) is 0 Å². The van der Waals surface area contributed by atoms with E-state index in [2.05, 4.69) is 37.9 Å². The van der Waals surface area contributed by atoms with Crippen LogP contribution >= 0.6 is 0 Å². The van der Waals surface area contributed by atoms with Gasteiger partial charge in [0.25, 0.3) is 0 Å². The van der Waals surface area contributed by atoms with Crippen molar-refractivity contribution >= 4 is 5.91 Å². The van der Waals surface area contributed by atoms with Gasteiger partial charge in [0.1, 0.15) is 5.54 Å². The molecular weight excluding hydrogens is 190 g/mol. The van der Waals surface area contributed by atoms with E-state index in [0.717, 1.165) is 13.1 Å². The zero-order valence-corrected chi connectivity index (χ0v) is 10.2. The Labute approximate surface area is 92.2 Å². The molecule has 0 radical (unpaired) electrons. The quantitative estimate of drug-likeness (QED) is 0.703. The standard InChI is InChI=1S/C11H23N3O/c1-8(2)11(10(12)15)7-13-5-6-14(11)9(3)4/h8-9,13H,5-7H2,1-4H3,(H2,12,15). The molecule has 1 atom stereocenters. The number of hydrogen-bond acceptors (Lipinski definition) is 3. The molecule has 15 heavy (non-hydrogen) atoms. The van der Waals surface area contributed by atoms with Crippen molar-refractivity contribution in [2.75, 3.05) is 19.6 Å². The molecule has 4 nitrogen and oxygen atoms in total. The Hall–Kier alpha value is -0.610. The van der Waals surface area contributed by atoms with Gasteiger partial charge in [0, 0.05) is 25.7 Å². The lowest BCUT2D eigenvalue weighted by atomic mass is 9.81. The number of carbonyl (C=O) groups is 1. The fourth-order valence-electron chi connectivity index (χ4n) is 2.55. The Morgan fingerprint density at radius 3 is 2.33 bits per heavy atom. The molecule has 1 fully saturated rings. The molecule has 0 aliphatic carbocycles. The van der Waals surface area contributed by atoms with E-state index < -0.39 is 5.54 Å². The maximum absolute atomic E-state index is 11.8. The molecule has 0 spiro atoms. The molecule has 1 rings (SSSR count). The summed E-state index contributed by atoms with van der Waals surface area (Å²) < 4.78 is 0. The van der Waals surface area contributed by atoms with Gasteiger partial charge in [-0.05, 0) is 19.8 Å². The maximum Gasteiger partial charge on any atom is 0.239 e. The predicted octanol–water partition coefficient (Wildman–Crippen LogP) is 0.180. The average Bonchev–Trinajstić information content (AvgIpc) is 2.16. The van der Waals surface area contributed by atoms with Gasteiger partial charge in [-0.15, -0.1) is 0 Å². The first-order chi connectivity index (χ1) is 6.93. The predicted molar refractivity (Wildman–Crippen MR) is 61.5 cm³/mol. The molecule has 1 saturated heterocycles. The molecule has 0 saturated carbocycles. The van der Waals surface area contributed by atoms with Crippen molar-refractivity contribution in [1.82, 2.24) is 10.2 Å². The molecule has 1 heterocycles. The third kappa shape index (κ3) is 2.01. The SMILES string of the molecule is CC(C)N1CCNCC1(C(N)=O)C(C)C. The van der Waals surface area contributed by atoms with Crippen LogP contribution in [0.3, 0.4) is 0 Å². The summed E-state index contributed by atoms with van der Waals surface area (Å²) in [6.45, 7) is 10.8. The van der Waals surface area contributed by atoms with Crippen LogP contribution in [0.25, 0.3) is 0 Å². The van der Waals surface area contributed by atoms with Crippen LogP contribution in [0.5, 0.6) is 0 Å². The van der Waals surface area contributed by atoms with Crippen LogP contribution in [0.15, 0.2) is 0 Å². The van der Waals surface area contributed by atoms with E-state index >= 15 is 0 Å². The lowest BCUT2D eigenvalue weighted by Gasteiger charge is -2.49. The van der Waals surface area contributed by atoms with Gasteiger partial charge in [0.05, 0.1) is 0 Å². The van der Waals surface area contributed by atoms with Crippen LogP contribution in [0.2, 0.25) is 0 Å². The smallest absolute Gasteiger partial charge is 0.239 e. The molecule has 0 aromatic carbocycles. The number of hydrogen-bond donors (Lipinski definition) is 2. The summed E-state index contributed by atoms with van der Waals surface area (Å²) in [4.78, 5) is 14.0. The van der Waals surface area contributed by atoms with E-state index in [1.807, 2.05) is 0 Å². The second-order valence-corrected chi connectivity index (χ2v) is 4.91. The Bertz CT molecular complexity index is 240. The Kier molecular flexibility index (Phi) is 3.73. The first kappa shape index (κ1) is 12.5. The summed E-state index contributed by atoms with van der Waals surface area (Å²) in [5.74, 6) is 0.0172. The monoisotopic (exact) mass is 213 g/mol. The highest BCUT2D eigenvalue weighted by molar-refractivity contribution is 5.85. The second kappa shape index (κ2) is 4.49. The first-order valence-electron chi connectivity index (χ1n) is 5.70. The van der Waals surface area contributed by atoms with Crippen molar-refractivity contribution in [3.8, 4) is 0 Å². The van der Waals surface area contributed by atoms with Gasteiger partial charge < -0.3 is 11.1 Å². The average molecular weight is 213 g/mol. The number of piperazine rings is 1. The summed E-state index contributed by atoms with van der Waals surface area (Å²) in [7, 11) is 0. The molecule has 0 bridgehead atoms. The summed E-state index contributed by atoms with van der Waals surface area (Å²) in [5.41, 5.74) is 5.09. The normalized spacial score (nSPS) is 28.7. The van der Waals surface area contributed by atoms with Gasteiger partial charge in [-0.3, -0.25) is 9.69 Å². The minimum absolute atomic E-state index is 0.210. The fraction of sp³-hybridized carbons (Fsp3) is 0.909. The molecule has 1 unspecified atom stereocenters. The topological polar surface area (TPSA) is 58.4 Å². The van der Waals surface area contributed by atoms with E-state index in [1.54, 1.807) is 0 Å². The van der Waals surface area contributed by atoms with Crippen molar-refractivity contribution in [2.45, 2.75) is 39.3 Å². The van der Waals surface area contributed by atoms with E-state index in [0.29, 0.717) is 12.6 Å². The second-order valence-electron chi connectivity index (χ2n) is 4.91. The minimum atomic E-state index is -0.521. The van der Waals surface area contributed by atoms with E-state index in [-0.39, 0.29) is 11.8 Å². The zero-order chi connectivity index (χ0) is 11.6. The third-order valence-electron chi connectivity index (χ3n) is 3.44. The first-order valence-corrected chi connectivity index (χ1v) is 5.70. The van der Waals surface area contributed by atoms with Gasteiger partial charge in [0.2, 0.25) is 5.91 Å².